The molecule has 1 spiro atoms. The van der Waals surface area contributed by atoms with Crippen molar-refractivity contribution in [2.75, 3.05) is 23.3 Å². The summed E-state index contributed by atoms with van der Waals surface area (Å²) in [5.74, 6) is 0.573. The van der Waals surface area contributed by atoms with Crippen LogP contribution in [-0.2, 0) is 14.3 Å². The van der Waals surface area contributed by atoms with Crippen molar-refractivity contribution in [2.24, 2.45) is 5.10 Å². The number of fused-ring (bicyclic) bond motifs is 1. The molecular weight excluding hydrogens is 522 g/mol. The number of carbonyl (C=O) groups excluding carboxylic acids is 2. The van der Waals surface area contributed by atoms with E-state index in [1.54, 1.807) is 16.8 Å². The molecule has 1 amide bonds. The van der Waals surface area contributed by atoms with Crippen LogP contribution < -0.4 is 19.4 Å². The van der Waals surface area contributed by atoms with E-state index in [4.69, 9.17) is 19.3 Å². The van der Waals surface area contributed by atoms with Crippen molar-refractivity contribution < 1.29 is 23.8 Å². The Balaban J connectivity index is 1.49. The molecule has 38 heavy (non-hydrogen) atoms. The molecule has 1 atom stereocenters. The molecule has 0 aromatic heterocycles. The second-order valence-electron chi connectivity index (χ2n) is 8.63. The third-order valence-electron chi connectivity index (χ3n) is 6.03. The predicted molar refractivity (Wildman–Crippen MR) is 150 cm³/mol. The lowest BCUT2D eigenvalue weighted by atomic mass is 10.2. The van der Waals surface area contributed by atoms with E-state index in [1.165, 1.54) is 23.5 Å². The molecule has 10 heteroatoms. The number of anilines is 2. The zero-order valence-electron chi connectivity index (χ0n) is 20.6. The number of hydrogen-bond donors (Lipinski definition) is 0. The van der Waals surface area contributed by atoms with Crippen LogP contribution in [0.3, 0.4) is 0 Å². The Morgan fingerprint density at radius 3 is 2.61 bits per heavy atom. The Morgan fingerprint density at radius 1 is 1.03 bits per heavy atom. The van der Waals surface area contributed by atoms with Gasteiger partial charge >= 0.3 is 5.97 Å². The summed E-state index contributed by atoms with van der Waals surface area (Å²) in [6.45, 7) is 4.13. The molecule has 3 aliphatic heterocycles. The maximum atomic E-state index is 14.1. The van der Waals surface area contributed by atoms with Crippen LogP contribution in [0.25, 0.3) is 6.08 Å². The third-order valence-corrected chi connectivity index (χ3v) is 8.73. The molecule has 3 aliphatic rings. The molecule has 1 fully saturated rings. The highest BCUT2D eigenvalue weighted by atomic mass is 32.2. The summed E-state index contributed by atoms with van der Waals surface area (Å²) in [7, 11) is 0. The van der Waals surface area contributed by atoms with Crippen molar-refractivity contribution in [3.05, 3.63) is 88.8 Å². The molecule has 6 rings (SSSR count). The van der Waals surface area contributed by atoms with Crippen molar-refractivity contribution in [1.82, 2.24) is 0 Å². The van der Waals surface area contributed by atoms with Crippen molar-refractivity contribution in [2.45, 2.75) is 18.2 Å². The molecule has 8 nitrogen and oxygen atoms in total. The summed E-state index contributed by atoms with van der Waals surface area (Å²) in [4.78, 5) is 29.2. The Kier molecular flexibility index (Phi) is 6.29. The first-order valence-corrected chi connectivity index (χ1v) is 13.6. The number of amides is 1. The Hall–Kier alpha value is -3.89. The lowest BCUT2D eigenvalue weighted by molar-refractivity contribution is -0.134. The van der Waals surface area contributed by atoms with E-state index < -0.39 is 10.3 Å². The van der Waals surface area contributed by atoms with Crippen molar-refractivity contribution in [3.8, 4) is 11.5 Å². The topological polar surface area (TPSA) is 80.7 Å². The van der Waals surface area contributed by atoms with Gasteiger partial charge in [-0.3, -0.25) is 9.69 Å². The number of nitrogens with zero attached hydrogens (tertiary/aromatic N) is 3. The summed E-state index contributed by atoms with van der Waals surface area (Å²) >= 11 is 2.54. The minimum atomic E-state index is -1.13. The smallest absolute Gasteiger partial charge is 0.365 e. The van der Waals surface area contributed by atoms with Crippen LogP contribution in [0.5, 0.6) is 11.5 Å². The third kappa shape index (κ3) is 4.19. The SMILES string of the molecule is CCOC(=O)C1=NN(c2cccc(C)c2)[C@]2(S1)S/C(=C\c1ccc3c(c1)OCO3)C(=O)N2c1ccccc1. The Bertz CT molecular complexity index is 1490. The fourth-order valence-electron chi connectivity index (χ4n) is 4.38. The first kappa shape index (κ1) is 24.4. The van der Waals surface area contributed by atoms with E-state index in [-0.39, 0.29) is 24.4 Å². The highest BCUT2D eigenvalue weighted by Gasteiger charge is 2.60. The van der Waals surface area contributed by atoms with Gasteiger partial charge in [-0.25, -0.2) is 9.80 Å². The van der Waals surface area contributed by atoms with Gasteiger partial charge in [-0.1, -0.05) is 48.2 Å². The molecule has 3 heterocycles. The molecule has 1 saturated heterocycles. The Morgan fingerprint density at radius 2 is 1.82 bits per heavy atom. The maximum Gasteiger partial charge on any atom is 0.365 e. The van der Waals surface area contributed by atoms with Crippen molar-refractivity contribution in [3.63, 3.8) is 0 Å². The van der Waals surface area contributed by atoms with Gasteiger partial charge in [0.1, 0.15) is 0 Å². The van der Waals surface area contributed by atoms with Crippen LogP contribution in [0, 0.1) is 6.92 Å². The molecule has 0 bridgehead atoms. The number of carbonyl (C=O) groups is 2. The molecule has 0 saturated carbocycles. The van der Waals surface area contributed by atoms with Gasteiger partial charge in [-0.15, -0.1) is 0 Å². The van der Waals surface area contributed by atoms with Gasteiger partial charge in [0.05, 0.1) is 17.2 Å². The van der Waals surface area contributed by atoms with E-state index >= 15 is 0 Å². The number of aryl methyl sites for hydroxylation is 1. The number of ether oxygens (including phenoxy) is 3. The van der Waals surface area contributed by atoms with E-state index in [1.807, 2.05) is 85.8 Å². The first-order chi connectivity index (χ1) is 18.5. The number of esters is 1. The maximum absolute atomic E-state index is 14.1. The number of hydrogen-bond acceptors (Lipinski definition) is 9. The molecule has 0 aliphatic carbocycles. The molecule has 3 aromatic carbocycles. The zero-order valence-corrected chi connectivity index (χ0v) is 22.3. The highest BCUT2D eigenvalue weighted by molar-refractivity contribution is 8.29. The predicted octanol–water partition coefficient (Wildman–Crippen LogP) is 5.59. The van der Waals surface area contributed by atoms with Crippen LogP contribution in [0.1, 0.15) is 18.1 Å². The number of hydrazone groups is 1. The summed E-state index contributed by atoms with van der Waals surface area (Å²) in [6.07, 6.45) is 1.83. The fraction of sp³-hybridized carbons (Fsp3) is 0.179. The van der Waals surface area contributed by atoms with Gasteiger partial charge in [0.2, 0.25) is 16.2 Å². The highest BCUT2D eigenvalue weighted by Crippen LogP contribution is 2.59. The van der Waals surface area contributed by atoms with E-state index in [2.05, 4.69) is 0 Å². The fourth-order valence-corrected chi connectivity index (χ4v) is 7.25. The van der Waals surface area contributed by atoms with Crippen LogP contribution in [0.2, 0.25) is 0 Å². The van der Waals surface area contributed by atoms with Gasteiger partial charge in [-0.05, 0) is 79.2 Å². The zero-order chi connectivity index (χ0) is 26.3. The van der Waals surface area contributed by atoms with Gasteiger partial charge in [-0.2, -0.15) is 5.10 Å². The number of rotatable bonds is 5. The standard InChI is InChI=1S/C28H23N3O5S2/c1-3-34-27(33)25-29-31(21-11-7-8-18(2)14-21)28(38-25)30(20-9-5-4-6-10-20)26(32)24(37-28)16-19-12-13-22-23(15-19)36-17-35-22/h4-16H,3,17H2,1-2H3/b24-16-/t28-/m0/s1. The normalized spacial score (nSPS) is 20.9. The first-order valence-electron chi connectivity index (χ1n) is 12.0. The molecule has 3 aromatic rings. The average Bonchev–Trinajstić information content (AvgIpc) is 3.61. The van der Waals surface area contributed by atoms with Gasteiger partial charge < -0.3 is 14.2 Å². The van der Waals surface area contributed by atoms with Crippen molar-refractivity contribution in [1.29, 1.82) is 0 Å². The molecule has 0 unspecified atom stereocenters. The van der Waals surface area contributed by atoms with Crippen LogP contribution in [-0.4, -0.2) is 34.6 Å². The van der Waals surface area contributed by atoms with Gasteiger partial charge in [0.15, 0.2) is 11.5 Å². The second-order valence-corrected chi connectivity index (χ2v) is 11.3. The molecule has 192 valence electrons. The van der Waals surface area contributed by atoms with Crippen LogP contribution in [0.15, 0.2) is 82.8 Å². The molecular formula is C28H23N3O5S2. The van der Waals surface area contributed by atoms with Crippen LogP contribution >= 0.6 is 23.5 Å². The summed E-state index contributed by atoms with van der Waals surface area (Å²) in [6, 6.07) is 22.8. The van der Waals surface area contributed by atoms with Gasteiger partial charge in [0.25, 0.3) is 5.91 Å². The number of thioether (sulfide) groups is 2. The van der Waals surface area contributed by atoms with Crippen LogP contribution in [0.4, 0.5) is 11.4 Å². The van der Waals surface area contributed by atoms with Gasteiger partial charge in [0, 0.05) is 5.69 Å². The lowest BCUT2D eigenvalue weighted by Crippen LogP contribution is -2.51. The lowest BCUT2D eigenvalue weighted by Gasteiger charge is -2.38. The second kappa shape index (κ2) is 9.77. The Labute approximate surface area is 228 Å². The van der Waals surface area contributed by atoms with E-state index in [0.29, 0.717) is 22.1 Å². The largest absolute Gasteiger partial charge is 0.461 e. The molecule has 0 radical (unpaired) electrons. The minimum absolute atomic E-state index is 0.171. The number of para-hydroxylation sites is 1. The minimum Gasteiger partial charge on any atom is -0.461 e. The average molecular weight is 546 g/mol. The summed E-state index contributed by atoms with van der Waals surface area (Å²) in [5.41, 5.74) is 3.26. The number of benzene rings is 3. The monoisotopic (exact) mass is 545 g/mol. The summed E-state index contributed by atoms with van der Waals surface area (Å²) < 4.78 is 15.1. The van der Waals surface area contributed by atoms with E-state index in [0.717, 1.165) is 16.8 Å². The summed E-state index contributed by atoms with van der Waals surface area (Å²) in [5, 5.41) is 6.63. The van der Waals surface area contributed by atoms with Crippen molar-refractivity contribution >= 4 is 57.9 Å². The quantitative estimate of drug-likeness (QED) is 0.303. The van der Waals surface area contributed by atoms with E-state index in [9.17, 15) is 9.59 Å². The molecule has 0 N–H and O–H groups in total.